The molecule has 3 aromatic rings. The lowest BCUT2D eigenvalue weighted by Crippen LogP contribution is -2.36. The minimum absolute atomic E-state index is 0.131. The number of phosphoric acid groups is 1. The maximum Gasteiger partial charge on any atom is 0.469 e. The second kappa shape index (κ2) is 7.45. The van der Waals surface area contributed by atoms with Gasteiger partial charge in [0.05, 0.1) is 19.0 Å². The number of benzene rings is 1. The minimum atomic E-state index is -4.71. The summed E-state index contributed by atoms with van der Waals surface area (Å²) in [6.45, 7) is -0.467. The van der Waals surface area contributed by atoms with Crippen molar-refractivity contribution in [2.24, 2.45) is 0 Å². The average Bonchev–Trinajstić information content (AvgIpc) is 3.23. The zero-order valence-electron chi connectivity index (χ0n) is 15.2. The SMILES string of the molecule is Nc1ncnc2c1ncn2[C@@]1(Cc2ccccc2)C[C@H](O)[C@@H](COP(=O)(O)O)O1. The van der Waals surface area contributed by atoms with Crippen LogP contribution in [0.5, 0.6) is 0 Å². The summed E-state index contributed by atoms with van der Waals surface area (Å²) in [4.78, 5) is 30.5. The van der Waals surface area contributed by atoms with Crippen molar-refractivity contribution in [1.29, 1.82) is 0 Å². The number of ether oxygens (including phenoxy) is 1. The predicted molar refractivity (Wildman–Crippen MR) is 101 cm³/mol. The van der Waals surface area contributed by atoms with Crippen LogP contribution in [0, 0.1) is 0 Å². The molecule has 0 unspecified atom stereocenters. The lowest BCUT2D eigenvalue weighted by Gasteiger charge is -2.31. The number of nitrogen functional groups attached to an aromatic ring is 1. The van der Waals surface area contributed by atoms with Crippen LogP contribution in [0.4, 0.5) is 5.82 Å². The van der Waals surface area contributed by atoms with Crippen LogP contribution < -0.4 is 5.73 Å². The van der Waals surface area contributed by atoms with Gasteiger partial charge in [-0.05, 0) is 5.56 Å². The van der Waals surface area contributed by atoms with Gasteiger partial charge >= 0.3 is 7.82 Å². The molecule has 29 heavy (non-hydrogen) atoms. The fourth-order valence-corrected chi connectivity index (χ4v) is 3.94. The molecule has 0 amide bonds. The molecular weight excluding hydrogens is 401 g/mol. The van der Waals surface area contributed by atoms with E-state index in [1.165, 1.54) is 12.7 Å². The molecule has 0 radical (unpaired) electrons. The maximum atomic E-state index is 11.1. The van der Waals surface area contributed by atoms with Gasteiger partial charge in [0.2, 0.25) is 0 Å². The monoisotopic (exact) mass is 421 g/mol. The normalized spacial score (nSPS) is 24.9. The fraction of sp³-hybridized carbons (Fsp3) is 0.353. The van der Waals surface area contributed by atoms with Gasteiger partial charge in [-0.2, -0.15) is 0 Å². The lowest BCUT2D eigenvalue weighted by molar-refractivity contribution is -0.113. The van der Waals surface area contributed by atoms with Gasteiger partial charge in [-0.25, -0.2) is 19.5 Å². The quantitative estimate of drug-likeness (QED) is 0.413. The molecule has 3 atom stereocenters. The number of aromatic nitrogens is 4. The molecule has 1 fully saturated rings. The van der Waals surface area contributed by atoms with Crippen LogP contribution in [0.2, 0.25) is 0 Å². The summed E-state index contributed by atoms with van der Waals surface area (Å²) in [5.41, 5.74) is 6.53. The zero-order valence-corrected chi connectivity index (χ0v) is 16.1. The Kier molecular flexibility index (Phi) is 5.11. The standard InChI is InChI=1S/C17H20N5O6P/c18-15-14-16(20-9-19-15)22(10-21-14)17(6-11-4-2-1-3-5-11)7-12(23)13(28-17)8-27-29(24,25)26/h1-5,9-10,12-13,23H,6-8H2,(H2,18,19,20)(H2,24,25,26)/t12-,13+,17+/m0/s1. The number of nitrogens with zero attached hydrogens (tertiary/aromatic N) is 4. The molecule has 12 heteroatoms. The number of aliphatic hydroxyl groups excluding tert-OH is 1. The van der Waals surface area contributed by atoms with Crippen molar-refractivity contribution in [3.8, 4) is 0 Å². The van der Waals surface area contributed by atoms with Gasteiger partial charge in [-0.15, -0.1) is 0 Å². The fourth-order valence-electron chi connectivity index (χ4n) is 3.60. The third kappa shape index (κ3) is 4.01. The van der Waals surface area contributed by atoms with E-state index in [4.69, 9.17) is 20.3 Å². The van der Waals surface area contributed by atoms with E-state index in [1.54, 1.807) is 4.57 Å². The second-order valence-electron chi connectivity index (χ2n) is 6.87. The first kappa shape index (κ1) is 19.9. The summed E-state index contributed by atoms with van der Waals surface area (Å²) < 4.78 is 23.5. The molecule has 0 spiro atoms. The van der Waals surface area contributed by atoms with Crippen LogP contribution in [0.3, 0.4) is 0 Å². The third-order valence-electron chi connectivity index (χ3n) is 4.86. The largest absolute Gasteiger partial charge is 0.469 e. The van der Waals surface area contributed by atoms with E-state index < -0.39 is 32.4 Å². The highest BCUT2D eigenvalue weighted by molar-refractivity contribution is 7.46. The summed E-state index contributed by atoms with van der Waals surface area (Å²) in [5.74, 6) is 0.212. The molecular formula is C17H20N5O6P. The zero-order chi connectivity index (χ0) is 20.6. The summed E-state index contributed by atoms with van der Waals surface area (Å²) in [7, 11) is -4.71. The molecule has 0 saturated carbocycles. The maximum absolute atomic E-state index is 11.1. The van der Waals surface area contributed by atoms with Crippen LogP contribution in [0.1, 0.15) is 12.0 Å². The molecule has 1 aliphatic rings. The highest BCUT2D eigenvalue weighted by Gasteiger charge is 2.49. The topological polar surface area (TPSA) is 166 Å². The number of anilines is 1. The highest BCUT2D eigenvalue weighted by atomic mass is 31.2. The van der Waals surface area contributed by atoms with Crippen molar-refractivity contribution in [3.05, 3.63) is 48.5 Å². The molecule has 1 aromatic carbocycles. The number of hydrogen-bond donors (Lipinski definition) is 4. The van der Waals surface area contributed by atoms with Gasteiger partial charge < -0.3 is 25.4 Å². The number of hydrogen-bond acceptors (Lipinski definition) is 8. The number of nitrogens with two attached hydrogens (primary N) is 1. The number of imidazole rings is 1. The number of phosphoric ester groups is 1. The molecule has 5 N–H and O–H groups in total. The molecule has 1 saturated heterocycles. The smallest absolute Gasteiger partial charge is 0.390 e. The van der Waals surface area contributed by atoms with Crippen LogP contribution in [0.15, 0.2) is 43.0 Å². The lowest BCUT2D eigenvalue weighted by atomic mass is 9.97. The number of fused-ring (bicyclic) bond motifs is 1. The number of rotatable bonds is 6. The second-order valence-corrected chi connectivity index (χ2v) is 8.11. The van der Waals surface area contributed by atoms with Crippen molar-refractivity contribution in [1.82, 2.24) is 19.5 Å². The van der Waals surface area contributed by atoms with Gasteiger partial charge in [-0.1, -0.05) is 30.3 Å². The van der Waals surface area contributed by atoms with E-state index in [0.29, 0.717) is 17.6 Å². The van der Waals surface area contributed by atoms with Gasteiger partial charge in [-0.3, -0.25) is 9.09 Å². The summed E-state index contributed by atoms with van der Waals surface area (Å²) in [6, 6.07) is 9.49. The minimum Gasteiger partial charge on any atom is -0.390 e. The summed E-state index contributed by atoms with van der Waals surface area (Å²) in [6.07, 6.45) is 1.33. The van der Waals surface area contributed by atoms with Crippen LogP contribution in [-0.2, 0) is 26.0 Å². The number of aliphatic hydroxyl groups is 1. The van der Waals surface area contributed by atoms with Gasteiger partial charge in [0.1, 0.15) is 17.9 Å². The van der Waals surface area contributed by atoms with Gasteiger partial charge in [0.15, 0.2) is 17.2 Å². The molecule has 11 nitrogen and oxygen atoms in total. The molecule has 2 aromatic heterocycles. The van der Waals surface area contributed by atoms with Crippen LogP contribution in [-0.4, -0.2) is 53.2 Å². The van der Waals surface area contributed by atoms with E-state index in [2.05, 4.69) is 19.5 Å². The van der Waals surface area contributed by atoms with E-state index in [-0.39, 0.29) is 12.2 Å². The van der Waals surface area contributed by atoms with E-state index in [0.717, 1.165) is 5.56 Å². The Morgan fingerprint density at radius 2 is 2.03 bits per heavy atom. The average molecular weight is 421 g/mol. The van der Waals surface area contributed by atoms with E-state index in [9.17, 15) is 9.67 Å². The van der Waals surface area contributed by atoms with E-state index >= 15 is 0 Å². The van der Waals surface area contributed by atoms with Crippen molar-refractivity contribution < 1.29 is 28.7 Å². The Hall–Kier alpha value is -2.40. The summed E-state index contributed by atoms with van der Waals surface area (Å²) in [5, 5.41) is 10.6. The Morgan fingerprint density at radius 3 is 2.76 bits per heavy atom. The Morgan fingerprint density at radius 1 is 1.28 bits per heavy atom. The first-order chi connectivity index (χ1) is 13.8. The van der Waals surface area contributed by atoms with E-state index in [1.807, 2.05) is 30.3 Å². The Bertz CT molecular complexity index is 1060. The molecule has 3 heterocycles. The summed E-state index contributed by atoms with van der Waals surface area (Å²) >= 11 is 0. The third-order valence-corrected chi connectivity index (χ3v) is 5.34. The molecule has 0 aliphatic carbocycles. The molecule has 4 rings (SSSR count). The van der Waals surface area contributed by atoms with Gasteiger partial charge in [0.25, 0.3) is 0 Å². The Balaban J connectivity index is 1.74. The van der Waals surface area contributed by atoms with Crippen LogP contribution >= 0.6 is 7.82 Å². The first-order valence-electron chi connectivity index (χ1n) is 8.81. The Labute approximate surface area is 165 Å². The van der Waals surface area contributed by atoms with Crippen molar-refractivity contribution in [3.63, 3.8) is 0 Å². The molecule has 1 aliphatic heterocycles. The predicted octanol–water partition coefficient (Wildman–Crippen LogP) is 0.563. The van der Waals surface area contributed by atoms with Crippen LogP contribution in [0.25, 0.3) is 11.2 Å². The molecule has 154 valence electrons. The highest BCUT2D eigenvalue weighted by Crippen LogP contribution is 2.42. The van der Waals surface area contributed by atoms with Gasteiger partial charge in [0, 0.05) is 12.8 Å². The first-order valence-corrected chi connectivity index (χ1v) is 10.3. The van der Waals surface area contributed by atoms with Crippen molar-refractivity contribution in [2.75, 3.05) is 12.3 Å². The van der Waals surface area contributed by atoms with Crippen molar-refractivity contribution in [2.45, 2.75) is 30.8 Å². The molecule has 0 bridgehead atoms. The van der Waals surface area contributed by atoms with Crippen molar-refractivity contribution >= 4 is 24.8 Å².